The molecule has 0 heteroatoms. The highest BCUT2D eigenvalue weighted by atomic mass is 14.3. The molecule has 0 aromatic heterocycles. The van der Waals surface area contributed by atoms with Gasteiger partial charge in [-0.3, -0.25) is 0 Å². The summed E-state index contributed by atoms with van der Waals surface area (Å²) >= 11 is 0. The molecule has 0 unspecified atom stereocenters. The molecule has 0 aliphatic heterocycles. The molecule has 11 rings (SSSR count). The molecule has 0 radical (unpaired) electrons. The van der Waals surface area contributed by atoms with Crippen LogP contribution in [0.4, 0.5) is 0 Å². The van der Waals surface area contributed by atoms with Crippen LogP contribution in [0.1, 0.15) is 31.9 Å². The third-order valence-electron chi connectivity index (χ3n) is 11.8. The van der Waals surface area contributed by atoms with Crippen LogP contribution in [0.25, 0.3) is 109 Å². The largest absolute Gasteiger partial charge is 0.0616 e. The molecule has 0 atom stereocenters. The summed E-state index contributed by atoms with van der Waals surface area (Å²) in [5.74, 6) is 0. The van der Waals surface area contributed by atoms with E-state index in [0.29, 0.717) is 0 Å². The van der Waals surface area contributed by atoms with Crippen molar-refractivity contribution in [3.8, 4) is 44.5 Å². The highest BCUT2D eigenvalue weighted by Crippen LogP contribution is 2.53. The van der Waals surface area contributed by atoms with E-state index in [0.717, 1.165) is 0 Å². The van der Waals surface area contributed by atoms with Gasteiger partial charge < -0.3 is 0 Å². The zero-order valence-electron chi connectivity index (χ0n) is 29.4. The van der Waals surface area contributed by atoms with E-state index in [2.05, 4.69) is 173 Å². The van der Waals surface area contributed by atoms with Crippen LogP contribution in [0, 0.1) is 6.92 Å². The molecule has 0 spiro atoms. The third-order valence-corrected chi connectivity index (χ3v) is 11.8. The summed E-state index contributed by atoms with van der Waals surface area (Å²) in [6, 6.07) is 55.4. The molecule has 0 heterocycles. The first-order chi connectivity index (χ1) is 24.9. The monoisotopic (exact) mass is 648 g/mol. The van der Waals surface area contributed by atoms with Gasteiger partial charge in [0.1, 0.15) is 0 Å². The van der Waals surface area contributed by atoms with Crippen LogP contribution in [-0.2, 0) is 5.41 Å². The molecule has 240 valence electrons. The zero-order chi connectivity index (χ0) is 34.2. The SMILES string of the molecule is Cc1cc(-c2c3ccccc3c(-c3ccc4c5c(cccc35)-c3ccccc3-4)c3ccccc23)c2ccc3cc(C(C)(C)C)cc4ccc1c2c43. The lowest BCUT2D eigenvalue weighted by atomic mass is 9.80. The molecule has 0 bridgehead atoms. The van der Waals surface area contributed by atoms with E-state index >= 15 is 0 Å². The highest BCUT2D eigenvalue weighted by molar-refractivity contribution is 6.31. The number of fused-ring (bicyclic) bond motifs is 5. The van der Waals surface area contributed by atoms with Gasteiger partial charge in [0.2, 0.25) is 0 Å². The molecule has 51 heavy (non-hydrogen) atoms. The minimum atomic E-state index is 0.0834. The summed E-state index contributed by atoms with van der Waals surface area (Å²) in [6.45, 7) is 9.22. The normalized spacial score (nSPS) is 12.7. The predicted octanol–water partition coefficient (Wildman–Crippen LogP) is 14.6. The van der Waals surface area contributed by atoms with Crippen LogP contribution in [-0.4, -0.2) is 0 Å². The van der Waals surface area contributed by atoms with Crippen molar-refractivity contribution in [3.63, 3.8) is 0 Å². The molecule has 10 aromatic rings. The molecule has 0 N–H and O–H groups in total. The Morgan fingerprint density at radius 3 is 1.41 bits per heavy atom. The van der Waals surface area contributed by atoms with Crippen LogP contribution in [0.3, 0.4) is 0 Å². The molecule has 0 fully saturated rings. The second-order valence-electron chi connectivity index (χ2n) is 15.7. The van der Waals surface area contributed by atoms with Gasteiger partial charge in [-0.1, -0.05) is 166 Å². The molecule has 1 aliphatic carbocycles. The van der Waals surface area contributed by atoms with Gasteiger partial charge >= 0.3 is 0 Å². The predicted molar refractivity (Wildman–Crippen MR) is 221 cm³/mol. The Kier molecular flexibility index (Phi) is 5.68. The number of aryl methyl sites for hydroxylation is 1. The fourth-order valence-corrected chi connectivity index (χ4v) is 9.47. The summed E-state index contributed by atoms with van der Waals surface area (Å²) in [6.07, 6.45) is 0. The topological polar surface area (TPSA) is 0 Å². The van der Waals surface area contributed by atoms with Gasteiger partial charge in [-0.25, -0.2) is 0 Å². The van der Waals surface area contributed by atoms with Gasteiger partial charge in [0, 0.05) is 0 Å². The first kappa shape index (κ1) is 28.8. The van der Waals surface area contributed by atoms with Gasteiger partial charge in [0.05, 0.1) is 0 Å². The quantitative estimate of drug-likeness (QED) is 0.129. The van der Waals surface area contributed by atoms with Crippen molar-refractivity contribution in [1.82, 2.24) is 0 Å². The van der Waals surface area contributed by atoms with Gasteiger partial charge in [-0.2, -0.15) is 0 Å². The Balaban J connectivity index is 1.25. The van der Waals surface area contributed by atoms with E-state index in [-0.39, 0.29) is 5.41 Å². The average molecular weight is 649 g/mol. The molecule has 10 aromatic carbocycles. The summed E-state index contributed by atoms with van der Waals surface area (Å²) in [4.78, 5) is 0. The van der Waals surface area contributed by atoms with Gasteiger partial charge in [0.25, 0.3) is 0 Å². The Hall–Kier alpha value is -5.98. The zero-order valence-corrected chi connectivity index (χ0v) is 29.4. The van der Waals surface area contributed by atoms with Crippen LogP contribution < -0.4 is 0 Å². The fourth-order valence-electron chi connectivity index (χ4n) is 9.47. The van der Waals surface area contributed by atoms with E-state index in [9.17, 15) is 0 Å². The summed E-state index contributed by atoms with van der Waals surface area (Å²) in [5.41, 5.74) is 13.4. The van der Waals surface area contributed by atoms with Gasteiger partial charge in [-0.15, -0.1) is 0 Å². The minimum Gasteiger partial charge on any atom is -0.0616 e. The van der Waals surface area contributed by atoms with Crippen molar-refractivity contribution in [2.45, 2.75) is 33.1 Å². The van der Waals surface area contributed by atoms with Crippen LogP contribution in [0.15, 0.2) is 146 Å². The average Bonchev–Trinajstić information content (AvgIpc) is 3.48. The summed E-state index contributed by atoms with van der Waals surface area (Å²) < 4.78 is 0. The molecule has 0 amide bonds. The van der Waals surface area contributed by atoms with E-state index in [1.807, 2.05) is 0 Å². The van der Waals surface area contributed by atoms with Crippen molar-refractivity contribution >= 4 is 64.6 Å². The second kappa shape index (κ2) is 10.1. The van der Waals surface area contributed by atoms with Crippen molar-refractivity contribution in [2.24, 2.45) is 0 Å². The molecule has 1 aliphatic rings. The van der Waals surface area contributed by atoms with E-state index < -0.39 is 0 Å². The maximum absolute atomic E-state index is 2.45. The number of hydrogen-bond acceptors (Lipinski definition) is 0. The lowest BCUT2D eigenvalue weighted by Crippen LogP contribution is -2.10. The summed E-state index contributed by atoms with van der Waals surface area (Å²) in [5, 5.41) is 15.9. The second-order valence-corrected chi connectivity index (χ2v) is 15.7. The maximum Gasteiger partial charge on any atom is -0.00179 e. The smallest absolute Gasteiger partial charge is 0.00179 e. The fraction of sp³-hybridized carbons (Fsp3) is 0.0980. The molecule has 0 saturated heterocycles. The van der Waals surface area contributed by atoms with Crippen molar-refractivity contribution in [2.75, 3.05) is 0 Å². The summed E-state index contributed by atoms with van der Waals surface area (Å²) in [7, 11) is 0. The number of benzene rings is 10. The first-order valence-electron chi connectivity index (χ1n) is 18.2. The van der Waals surface area contributed by atoms with E-state index in [4.69, 9.17) is 0 Å². The van der Waals surface area contributed by atoms with Crippen molar-refractivity contribution < 1.29 is 0 Å². The van der Waals surface area contributed by atoms with Crippen molar-refractivity contribution in [3.05, 3.63) is 157 Å². The Bertz CT molecular complexity index is 3010. The lowest BCUT2D eigenvalue weighted by molar-refractivity contribution is 0.591. The van der Waals surface area contributed by atoms with Gasteiger partial charge in [-0.05, 0) is 133 Å². The van der Waals surface area contributed by atoms with E-state index in [1.54, 1.807) is 0 Å². The minimum absolute atomic E-state index is 0.0834. The number of hydrogen-bond donors (Lipinski definition) is 0. The number of rotatable bonds is 2. The maximum atomic E-state index is 2.45. The standard InChI is InChI=1S/C51H36/c1-29-26-45(44-23-21-31-28-32(51(2,3)4)27-30-20-22-33(29)50(44)46(30)31)49-39-16-9-7-14-37(39)48(38-15-8-10-17-40(38)49)43-25-24-42-35-13-6-5-12-34(35)36-18-11-19-41(43)47(36)42/h5-28H,1-4H3. The van der Waals surface area contributed by atoms with Crippen LogP contribution >= 0.6 is 0 Å². The van der Waals surface area contributed by atoms with Gasteiger partial charge in [0.15, 0.2) is 0 Å². The van der Waals surface area contributed by atoms with Crippen LogP contribution in [0.5, 0.6) is 0 Å². The molecular weight excluding hydrogens is 613 g/mol. The molecular formula is C51H36. The molecule has 0 nitrogen and oxygen atoms in total. The van der Waals surface area contributed by atoms with E-state index in [1.165, 1.54) is 120 Å². The Labute approximate surface area is 297 Å². The highest BCUT2D eigenvalue weighted by Gasteiger charge is 2.26. The Morgan fingerprint density at radius 1 is 0.333 bits per heavy atom. The van der Waals surface area contributed by atoms with Crippen molar-refractivity contribution in [1.29, 1.82) is 0 Å². The Morgan fingerprint density at radius 2 is 0.804 bits per heavy atom. The third kappa shape index (κ3) is 3.85. The van der Waals surface area contributed by atoms with Crippen LogP contribution in [0.2, 0.25) is 0 Å². The molecule has 0 saturated carbocycles. The lowest BCUT2D eigenvalue weighted by Gasteiger charge is -2.23. The first-order valence-corrected chi connectivity index (χ1v) is 18.2.